The molecule has 0 unspecified atom stereocenters. The maximum atomic E-state index is 12.6. The fourth-order valence-corrected chi connectivity index (χ4v) is 2.64. The fraction of sp³-hybridized carbons (Fsp3) is 0.278. The van der Waals surface area contributed by atoms with Crippen LogP contribution in [0.5, 0.6) is 11.5 Å². The summed E-state index contributed by atoms with van der Waals surface area (Å²) >= 11 is 0. The normalized spacial score (nSPS) is 10.6. The lowest BCUT2D eigenvalue weighted by Crippen LogP contribution is -2.30. The topological polar surface area (TPSA) is 119 Å². The summed E-state index contributed by atoms with van der Waals surface area (Å²) in [4.78, 5) is 32.6. The molecule has 0 aliphatic carbocycles. The number of carbonyl (C=O) groups is 1. The lowest BCUT2D eigenvalue weighted by atomic mass is 10.1. The third-order valence-corrected chi connectivity index (χ3v) is 4.06. The molecule has 1 aromatic carbocycles. The van der Waals surface area contributed by atoms with Gasteiger partial charge in [-0.25, -0.2) is 9.78 Å². The number of aryl methyl sites for hydroxylation is 1. The predicted octanol–water partition coefficient (Wildman–Crippen LogP) is 1.45. The Balaban J connectivity index is 1.97. The van der Waals surface area contributed by atoms with Gasteiger partial charge in [0.1, 0.15) is 17.9 Å². The third-order valence-electron chi connectivity index (χ3n) is 4.06. The van der Waals surface area contributed by atoms with Crippen molar-refractivity contribution in [3.05, 3.63) is 52.0 Å². The van der Waals surface area contributed by atoms with Crippen LogP contribution < -0.4 is 15.0 Å². The number of benzene rings is 1. The van der Waals surface area contributed by atoms with Crippen LogP contribution in [0.2, 0.25) is 0 Å². The van der Waals surface area contributed by atoms with Gasteiger partial charge in [-0.05, 0) is 19.1 Å². The summed E-state index contributed by atoms with van der Waals surface area (Å²) in [6.45, 7) is 1.58. The maximum absolute atomic E-state index is 12.6. The first-order chi connectivity index (χ1) is 13.5. The molecule has 0 aliphatic rings. The molecule has 10 heteroatoms. The number of esters is 1. The van der Waals surface area contributed by atoms with E-state index in [2.05, 4.69) is 19.9 Å². The SMILES string of the molecule is COC(=O)c1cnc(C)n(Cc2nc(-c3cccc(OC)c3OC)no2)c1=O. The number of rotatable bonds is 6. The molecule has 0 saturated carbocycles. The molecule has 0 N–H and O–H groups in total. The molecule has 3 rings (SSSR count). The standard InChI is InChI=1S/C18H18N4O6/c1-10-19-8-12(18(24)27-4)17(23)22(10)9-14-20-16(21-28-14)11-6-5-7-13(25-2)15(11)26-3/h5-8H,9H2,1-4H3. The van der Waals surface area contributed by atoms with Crippen molar-refractivity contribution < 1.29 is 23.5 Å². The van der Waals surface area contributed by atoms with E-state index in [-0.39, 0.29) is 23.8 Å². The lowest BCUT2D eigenvalue weighted by Gasteiger charge is -2.09. The summed E-state index contributed by atoms with van der Waals surface area (Å²) in [6.07, 6.45) is 1.18. The van der Waals surface area contributed by atoms with Crippen LogP contribution in [0.4, 0.5) is 0 Å². The molecule has 0 spiro atoms. The number of hydrogen-bond acceptors (Lipinski definition) is 9. The minimum Gasteiger partial charge on any atom is -0.493 e. The van der Waals surface area contributed by atoms with E-state index in [1.807, 2.05) is 0 Å². The van der Waals surface area contributed by atoms with Crippen LogP contribution in [0.15, 0.2) is 33.7 Å². The second-order valence-electron chi connectivity index (χ2n) is 5.65. The van der Waals surface area contributed by atoms with Crippen molar-refractivity contribution in [2.75, 3.05) is 21.3 Å². The van der Waals surface area contributed by atoms with Gasteiger partial charge in [0.05, 0.1) is 26.9 Å². The van der Waals surface area contributed by atoms with Crippen LogP contribution in [-0.2, 0) is 11.3 Å². The van der Waals surface area contributed by atoms with Crippen LogP contribution in [0.1, 0.15) is 22.1 Å². The number of methoxy groups -OCH3 is 3. The quantitative estimate of drug-likeness (QED) is 0.580. The Morgan fingerprint density at radius 2 is 2.00 bits per heavy atom. The second-order valence-corrected chi connectivity index (χ2v) is 5.65. The van der Waals surface area contributed by atoms with Crippen molar-refractivity contribution in [3.63, 3.8) is 0 Å². The number of para-hydroxylation sites is 1. The average Bonchev–Trinajstić information content (AvgIpc) is 3.18. The van der Waals surface area contributed by atoms with E-state index < -0.39 is 11.5 Å². The van der Waals surface area contributed by atoms with Gasteiger partial charge in [0, 0.05) is 6.20 Å². The van der Waals surface area contributed by atoms with Gasteiger partial charge in [-0.3, -0.25) is 9.36 Å². The highest BCUT2D eigenvalue weighted by atomic mass is 16.5. The zero-order chi connectivity index (χ0) is 20.3. The van der Waals surface area contributed by atoms with Crippen molar-refractivity contribution >= 4 is 5.97 Å². The molecule has 2 heterocycles. The second kappa shape index (κ2) is 7.91. The van der Waals surface area contributed by atoms with Crippen LogP contribution >= 0.6 is 0 Å². The van der Waals surface area contributed by atoms with Crippen molar-refractivity contribution in [1.29, 1.82) is 0 Å². The van der Waals surface area contributed by atoms with Crippen molar-refractivity contribution in [3.8, 4) is 22.9 Å². The summed E-state index contributed by atoms with van der Waals surface area (Å²) in [6, 6.07) is 5.27. The predicted molar refractivity (Wildman–Crippen MR) is 96.5 cm³/mol. The van der Waals surface area contributed by atoms with Crippen molar-refractivity contribution in [1.82, 2.24) is 19.7 Å². The Labute approximate surface area is 159 Å². The number of aromatic nitrogens is 4. The summed E-state index contributed by atoms with van der Waals surface area (Å²) in [7, 11) is 4.23. The minimum atomic E-state index is -0.765. The molecule has 10 nitrogen and oxygen atoms in total. The van der Waals surface area contributed by atoms with Crippen molar-refractivity contribution in [2.45, 2.75) is 13.5 Å². The molecule has 0 saturated heterocycles. The van der Waals surface area contributed by atoms with Crippen LogP contribution in [0, 0.1) is 6.92 Å². The molecule has 0 amide bonds. The van der Waals surface area contributed by atoms with Gasteiger partial charge in [0.15, 0.2) is 11.5 Å². The molecular formula is C18H18N4O6. The van der Waals surface area contributed by atoms with Gasteiger partial charge >= 0.3 is 5.97 Å². The Hall–Kier alpha value is -3.69. The van der Waals surface area contributed by atoms with E-state index in [0.717, 1.165) is 0 Å². The number of hydrogen-bond donors (Lipinski definition) is 0. The maximum Gasteiger partial charge on any atom is 0.345 e. The van der Waals surface area contributed by atoms with E-state index in [9.17, 15) is 9.59 Å². The lowest BCUT2D eigenvalue weighted by molar-refractivity contribution is 0.0597. The highest BCUT2D eigenvalue weighted by Crippen LogP contribution is 2.36. The van der Waals surface area contributed by atoms with E-state index in [1.165, 1.54) is 32.1 Å². The van der Waals surface area contributed by atoms with Gasteiger partial charge in [0.25, 0.3) is 5.56 Å². The van der Waals surface area contributed by atoms with E-state index in [1.54, 1.807) is 25.1 Å². The molecular weight excluding hydrogens is 368 g/mol. The molecule has 0 fully saturated rings. The van der Waals surface area contributed by atoms with Gasteiger partial charge in [0.2, 0.25) is 11.7 Å². The number of nitrogens with zero attached hydrogens (tertiary/aromatic N) is 4. The Morgan fingerprint density at radius 3 is 2.68 bits per heavy atom. The number of carbonyl (C=O) groups excluding carboxylic acids is 1. The Morgan fingerprint density at radius 1 is 1.21 bits per heavy atom. The number of ether oxygens (including phenoxy) is 3. The molecule has 0 radical (unpaired) electrons. The molecule has 2 aromatic heterocycles. The zero-order valence-electron chi connectivity index (χ0n) is 15.8. The first kappa shape index (κ1) is 19.1. The Kier molecular flexibility index (Phi) is 5.39. The summed E-state index contributed by atoms with van der Waals surface area (Å²) < 4.78 is 21.8. The van der Waals surface area contributed by atoms with E-state index >= 15 is 0 Å². The third kappa shape index (κ3) is 3.43. The molecule has 0 aliphatic heterocycles. The first-order valence-corrected chi connectivity index (χ1v) is 8.18. The van der Waals surface area contributed by atoms with Crippen LogP contribution in [-0.4, -0.2) is 47.0 Å². The van der Waals surface area contributed by atoms with Gasteiger partial charge in [-0.1, -0.05) is 11.2 Å². The highest BCUT2D eigenvalue weighted by molar-refractivity contribution is 5.88. The van der Waals surface area contributed by atoms with Crippen molar-refractivity contribution in [2.24, 2.45) is 0 Å². The first-order valence-electron chi connectivity index (χ1n) is 8.18. The van der Waals surface area contributed by atoms with Crippen LogP contribution in [0.3, 0.4) is 0 Å². The smallest absolute Gasteiger partial charge is 0.345 e. The molecule has 0 bridgehead atoms. The Bertz CT molecular complexity index is 1070. The van der Waals surface area contributed by atoms with E-state index in [0.29, 0.717) is 22.9 Å². The summed E-state index contributed by atoms with van der Waals surface area (Å²) in [5, 5.41) is 3.95. The monoisotopic (exact) mass is 386 g/mol. The molecule has 0 atom stereocenters. The average molecular weight is 386 g/mol. The molecule has 146 valence electrons. The van der Waals surface area contributed by atoms with Gasteiger partial charge in [-0.2, -0.15) is 4.98 Å². The fourth-order valence-electron chi connectivity index (χ4n) is 2.64. The minimum absolute atomic E-state index is 0.0538. The summed E-state index contributed by atoms with van der Waals surface area (Å²) in [5.41, 5.74) is -0.164. The summed E-state index contributed by atoms with van der Waals surface area (Å²) in [5.74, 6) is 1.03. The molecule has 28 heavy (non-hydrogen) atoms. The zero-order valence-corrected chi connectivity index (χ0v) is 15.8. The van der Waals surface area contributed by atoms with Gasteiger partial charge in [-0.15, -0.1) is 0 Å². The largest absolute Gasteiger partial charge is 0.493 e. The molecule has 3 aromatic rings. The highest BCUT2D eigenvalue weighted by Gasteiger charge is 2.19. The van der Waals surface area contributed by atoms with Crippen LogP contribution in [0.25, 0.3) is 11.4 Å². The van der Waals surface area contributed by atoms with E-state index in [4.69, 9.17) is 14.0 Å². The van der Waals surface area contributed by atoms with Gasteiger partial charge < -0.3 is 18.7 Å².